The van der Waals surface area contributed by atoms with Crippen LogP contribution in [0.25, 0.3) is 0 Å². The number of nitrogens with zero attached hydrogens (tertiary/aromatic N) is 3. The standard InChI is InChI=1S/C19H41N5O/c1-6-23-9-11-24(12-10-23)16-18(4)15-22-19(20-5)21-8-14-25-13-7-17(2)3/h17-18H,6-16H2,1-5H3,(H2,20,21,22). The summed E-state index contributed by atoms with van der Waals surface area (Å²) >= 11 is 0. The van der Waals surface area contributed by atoms with Crippen LogP contribution in [-0.2, 0) is 4.74 Å². The highest BCUT2D eigenvalue weighted by atomic mass is 16.5. The first-order valence-electron chi connectivity index (χ1n) is 10.0. The molecule has 1 heterocycles. The van der Waals surface area contributed by atoms with Gasteiger partial charge in [-0.25, -0.2) is 0 Å². The van der Waals surface area contributed by atoms with Gasteiger partial charge in [0.05, 0.1) is 6.61 Å². The van der Waals surface area contributed by atoms with Crippen molar-refractivity contribution in [2.24, 2.45) is 16.8 Å². The number of piperazine rings is 1. The minimum Gasteiger partial charge on any atom is -0.380 e. The Morgan fingerprint density at radius 1 is 1.04 bits per heavy atom. The molecule has 0 aromatic carbocycles. The number of rotatable bonds is 11. The molecule has 1 saturated heterocycles. The first-order valence-corrected chi connectivity index (χ1v) is 10.0. The number of ether oxygens (including phenoxy) is 1. The molecule has 2 N–H and O–H groups in total. The average molecular weight is 356 g/mol. The Morgan fingerprint density at radius 3 is 2.32 bits per heavy atom. The van der Waals surface area contributed by atoms with Crippen molar-refractivity contribution >= 4 is 5.96 Å². The molecule has 1 atom stereocenters. The SMILES string of the molecule is CCN1CCN(CC(C)CNC(=NC)NCCOCCC(C)C)CC1. The highest BCUT2D eigenvalue weighted by Crippen LogP contribution is 2.05. The summed E-state index contributed by atoms with van der Waals surface area (Å²) in [6.45, 7) is 19.4. The quantitative estimate of drug-likeness (QED) is 0.334. The molecule has 6 nitrogen and oxygen atoms in total. The molecule has 25 heavy (non-hydrogen) atoms. The van der Waals surface area contributed by atoms with Crippen molar-refractivity contribution in [3.8, 4) is 0 Å². The van der Waals surface area contributed by atoms with Crippen molar-refractivity contribution in [2.75, 3.05) is 72.6 Å². The van der Waals surface area contributed by atoms with E-state index in [9.17, 15) is 0 Å². The predicted octanol–water partition coefficient (Wildman–Crippen LogP) is 1.49. The van der Waals surface area contributed by atoms with Crippen LogP contribution in [0, 0.1) is 11.8 Å². The summed E-state index contributed by atoms with van der Waals surface area (Å²) in [6, 6.07) is 0. The van der Waals surface area contributed by atoms with Crippen molar-refractivity contribution in [1.82, 2.24) is 20.4 Å². The fraction of sp³-hybridized carbons (Fsp3) is 0.947. The highest BCUT2D eigenvalue weighted by molar-refractivity contribution is 5.79. The second-order valence-electron chi connectivity index (χ2n) is 7.51. The Bertz CT molecular complexity index is 354. The minimum absolute atomic E-state index is 0.606. The molecule has 1 fully saturated rings. The topological polar surface area (TPSA) is 52.1 Å². The molecule has 148 valence electrons. The monoisotopic (exact) mass is 355 g/mol. The fourth-order valence-corrected chi connectivity index (χ4v) is 2.95. The molecular weight excluding hydrogens is 314 g/mol. The number of likely N-dealkylation sites (N-methyl/N-ethyl adjacent to an activating group) is 1. The normalized spacial score (nSPS) is 18.6. The Morgan fingerprint density at radius 2 is 1.72 bits per heavy atom. The summed E-state index contributed by atoms with van der Waals surface area (Å²) in [4.78, 5) is 9.40. The lowest BCUT2D eigenvalue weighted by molar-refractivity contribution is 0.124. The van der Waals surface area contributed by atoms with Crippen LogP contribution in [0.1, 0.15) is 34.1 Å². The van der Waals surface area contributed by atoms with Crippen molar-refractivity contribution in [2.45, 2.75) is 34.1 Å². The van der Waals surface area contributed by atoms with E-state index in [-0.39, 0.29) is 0 Å². The molecule has 0 bridgehead atoms. The highest BCUT2D eigenvalue weighted by Gasteiger charge is 2.17. The van der Waals surface area contributed by atoms with E-state index in [2.05, 4.69) is 53.1 Å². The molecule has 1 aliphatic rings. The summed E-state index contributed by atoms with van der Waals surface area (Å²) in [7, 11) is 1.82. The number of nitrogens with one attached hydrogen (secondary N) is 2. The lowest BCUT2D eigenvalue weighted by Crippen LogP contribution is -2.48. The van der Waals surface area contributed by atoms with Gasteiger partial charge in [-0.3, -0.25) is 4.99 Å². The van der Waals surface area contributed by atoms with Crippen molar-refractivity contribution in [3.05, 3.63) is 0 Å². The second-order valence-corrected chi connectivity index (χ2v) is 7.51. The maximum Gasteiger partial charge on any atom is 0.191 e. The van der Waals surface area contributed by atoms with Gasteiger partial charge in [0.15, 0.2) is 5.96 Å². The van der Waals surface area contributed by atoms with E-state index in [1.165, 1.54) is 32.7 Å². The number of hydrogen-bond acceptors (Lipinski definition) is 4. The van der Waals surface area contributed by atoms with Gasteiger partial charge in [0.2, 0.25) is 0 Å². The summed E-state index contributed by atoms with van der Waals surface area (Å²) < 4.78 is 5.63. The van der Waals surface area contributed by atoms with Gasteiger partial charge in [0, 0.05) is 59.5 Å². The smallest absolute Gasteiger partial charge is 0.191 e. The van der Waals surface area contributed by atoms with Crippen molar-refractivity contribution < 1.29 is 4.74 Å². The molecule has 0 radical (unpaired) electrons. The maximum absolute atomic E-state index is 5.63. The van der Waals surface area contributed by atoms with Gasteiger partial charge >= 0.3 is 0 Å². The van der Waals surface area contributed by atoms with Crippen LogP contribution in [0.5, 0.6) is 0 Å². The number of guanidine groups is 1. The van der Waals surface area contributed by atoms with E-state index in [1.807, 2.05) is 7.05 Å². The van der Waals surface area contributed by atoms with Crippen molar-refractivity contribution in [1.29, 1.82) is 0 Å². The molecule has 0 spiro atoms. The van der Waals surface area contributed by atoms with Crippen molar-refractivity contribution in [3.63, 3.8) is 0 Å². The van der Waals surface area contributed by atoms with Gasteiger partial charge in [-0.15, -0.1) is 0 Å². The molecule has 1 aliphatic heterocycles. The van der Waals surface area contributed by atoms with Crippen LogP contribution in [-0.4, -0.2) is 88.4 Å². The molecule has 1 rings (SSSR count). The van der Waals surface area contributed by atoms with Crippen LogP contribution in [0.2, 0.25) is 0 Å². The molecule has 0 aromatic heterocycles. The lowest BCUT2D eigenvalue weighted by Gasteiger charge is -2.35. The third-order valence-corrected chi connectivity index (χ3v) is 4.70. The van der Waals surface area contributed by atoms with Gasteiger partial charge in [-0.1, -0.05) is 27.7 Å². The van der Waals surface area contributed by atoms with E-state index in [0.717, 1.165) is 45.2 Å². The summed E-state index contributed by atoms with van der Waals surface area (Å²) in [5.74, 6) is 2.18. The Kier molecular flexibility index (Phi) is 11.9. The molecule has 1 unspecified atom stereocenters. The van der Waals surface area contributed by atoms with E-state index >= 15 is 0 Å². The minimum atomic E-state index is 0.606. The van der Waals surface area contributed by atoms with E-state index < -0.39 is 0 Å². The molecule has 6 heteroatoms. The Hall–Kier alpha value is -0.850. The summed E-state index contributed by atoms with van der Waals surface area (Å²) in [5, 5.41) is 6.76. The zero-order chi connectivity index (χ0) is 18.5. The molecule has 0 saturated carbocycles. The van der Waals surface area contributed by atoms with Crippen LogP contribution in [0.4, 0.5) is 0 Å². The number of aliphatic imine (C=N–C) groups is 1. The fourth-order valence-electron chi connectivity index (χ4n) is 2.95. The van der Waals surface area contributed by atoms with Crippen LogP contribution < -0.4 is 10.6 Å². The lowest BCUT2D eigenvalue weighted by atomic mass is 10.1. The molecular formula is C19H41N5O. The van der Waals surface area contributed by atoms with E-state index in [1.54, 1.807) is 0 Å². The van der Waals surface area contributed by atoms with Gasteiger partial charge in [-0.2, -0.15) is 0 Å². The zero-order valence-electron chi connectivity index (χ0n) is 17.2. The number of hydrogen-bond donors (Lipinski definition) is 2. The largest absolute Gasteiger partial charge is 0.380 e. The summed E-state index contributed by atoms with van der Waals surface area (Å²) in [6.07, 6.45) is 1.12. The zero-order valence-corrected chi connectivity index (χ0v) is 17.2. The average Bonchev–Trinajstić information content (AvgIpc) is 2.60. The maximum atomic E-state index is 5.63. The Labute approximate surface area is 155 Å². The van der Waals surface area contributed by atoms with Gasteiger partial charge < -0.3 is 25.2 Å². The first kappa shape index (κ1) is 22.2. The molecule has 0 aliphatic carbocycles. The first-order chi connectivity index (χ1) is 12.0. The Balaban J connectivity index is 2.09. The van der Waals surface area contributed by atoms with Gasteiger partial charge in [0.25, 0.3) is 0 Å². The summed E-state index contributed by atoms with van der Waals surface area (Å²) in [5.41, 5.74) is 0. The van der Waals surface area contributed by atoms with Crippen LogP contribution in [0.15, 0.2) is 4.99 Å². The predicted molar refractivity (Wildman–Crippen MR) is 107 cm³/mol. The van der Waals surface area contributed by atoms with E-state index in [0.29, 0.717) is 11.8 Å². The van der Waals surface area contributed by atoms with E-state index in [4.69, 9.17) is 4.74 Å². The third-order valence-electron chi connectivity index (χ3n) is 4.70. The van der Waals surface area contributed by atoms with Gasteiger partial charge in [-0.05, 0) is 24.8 Å². The third kappa shape index (κ3) is 10.7. The molecule has 0 amide bonds. The molecule has 0 aromatic rings. The van der Waals surface area contributed by atoms with Gasteiger partial charge in [0.1, 0.15) is 0 Å². The second kappa shape index (κ2) is 13.4. The van der Waals surface area contributed by atoms with Crippen LogP contribution in [0.3, 0.4) is 0 Å². The van der Waals surface area contributed by atoms with Crippen LogP contribution >= 0.6 is 0 Å².